The molecule has 0 aromatic rings. The number of esters is 3. The summed E-state index contributed by atoms with van der Waals surface area (Å²) in [6.45, 7) is 2.29. The van der Waals surface area contributed by atoms with Crippen LogP contribution in [-0.4, -0.2) is 74.5 Å². The predicted octanol–water partition coefficient (Wildman–Crippen LogP) is -2.26. The number of aliphatic hydroxyl groups is 5. The number of aliphatic hydroxyl groups excluding tert-OH is 5. The Labute approximate surface area is 137 Å². The van der Waals surface area contributed by atoms with Crippen LogP contribution in [0.2, 0.25) is 0 Å². The summed E-state index contributed by atoms with van der Waals surface area (Å²) in [7, 11) is 0. The van der Waals surface area contributed by atoms with Gasteiger partial charge in [-0.05, 0) is 12.8 Å². The maximum absolute atomic E-state index is 11.4. The lowest BCUT2D eigenvalue weighted by Gasteiger charge is -2.24. The van der Waals surface area contributed by atoms with Crippen LogP contribution in [0.3, 0.4) is 0 Å². The van der Waals surface area contributed by atoms with Crippen LogP contribution in [0.1, 0.15) is 25.7 Å². The van der Waals surface area contributed by atoms with Crippen molar-refractivity contribution in [3.63, 3.8) is 0 Å². The molecule has 0 aromatic carbocycles. The molecule has 0 amide bonds. The minimum atomic E-state index is -2.28. The second kappa shape index (κ2) is 11.6. The predicted molar refractivity (Wildman–Crippen MR) is 77.0 cm³/mol. The van der Waals surface area contributed by atoms with Gasteiger partial charge in [0.05, 0.1) is 12.9 Å². The Hall–Kier alpha value is -1.85. The molecule has 0 spiro atoms. The molecule has 0 saturated carbocycles. The normalized spacial score (nSPS) is 15.7. The monoisotopic (exact) mass is 350 g/mol. The summed E-state index contributed by atoms with van der Waals surface area (Å²) in [6.07, 6.45) is -6.93. The smallest absolute Gasteiger partial charge is 0.345 e. The molecule has 0 unspecified atom stereocenters. The van der Waals surface area contributed by atoms with E-state index in [4.69, 9.17) is 10.2 Å². The molecule has 138 valence electrons. The third-order valence-electron chi connectivity index (χ3n) is 2.94. The van der Waals surface area contributed by atoms with Crippen LogP contribution in [0.25, 0.3) is 0 Å². The van der Waals surface area contributed by atoms with Gasteiger partial charge in [0.25, 0.3) is 0 Å². The first-order valence-corrected chi connectivity index (χ1v) is 7.12. The third-order valence-corrected chi connectivity index (χ3v) is 2.94. The molecule has 0 fully saturated rings. The Morgan fingerprint density at radius 2 is 1.50 bits per heavy atom. The second-order valence-electron chi connectivity index (χ2n) is 4.83. The minimum absolute atomic E-state index is 0.0415. The van der Waals surface area contributed by atoms with E-state index in [2.05, 4.69) is 16.1 Å². The van der Waals surface area contributed by atoms with E-state index >= 15 is 0 Å². The second-order valence-corrected chi connectivity index (χ2v) is 4.83. The van der Waals surface area contributed by atoms with Gasteiger partial charge in [-0.25, -0.2) is 4.79 Å². The number of rotatable bonds is 11. The van der Waals surface area contributed by atoms with Gasteiger partial charge in [-0.15, -0.1) is 0 Å². The molecule has 0 rings (SSSR count). The van der Waals surface area contributed by atoms with Crippen LogP contribution >= 0.6 is 0 Å². The highest BCUT2D eigenvalue weighted by molar-refractivity contribution is 5.88. The zero-order chi connectivity index (χ0) is 18.7. The number of ether oxygens (including phenoxy) is 2. The number of hydrogen-bond donors (Lipinski definition) is 5. The van der Waals surface area contributed by atoms with Crippen LogP contribution in [0.5, 0.6) is 0 Å². The summed E-state index contributed by atoms with van der Waals surface area (Å²) < 4.78 is 8.73. The molecule has 10 nitrogen and oxygen atoms in total. The van der Waals surface area contributed by atoms with E-state index in [1.807, 2.05) is 0 Å². The number of hydrogen-bond acceptors (Lipinski definition) is 10. The Morgan fingerprint density at radius 1 is 0.958 bits per heavy atom. The number of carbonyl (C=O) groups excluding carboxylic acids is 3. The Kier molecular flexibility index (Phi) is 10.8. The molecule has 0 aliphatic rings. The molecule has 0 aliphatic heterocycles. The molecule has 10 heteroatoms. The van der Waals surface area contributed by atoms with E-state index in [1.165, 1.54) is 0 Å². The van der Waals surface area contributed by atoms with Gasteiger partial charge in [0, 0.05) is 12.8 Å². The highest BCUT2D eigenvalue weighted by atomic mass is 16.6. The van der Waals surface area contributed by atoms with Crippen molar-refractivity contribution in [3.05, 3.63) is 12.8 Å². The molecule has 0 bridgehead atoms. The summed E-state index contributed by atoms with van der Waals surface area (Å²) in [5.74, 6) is -3.03. The lowest BCUT2D eigenvalue weighted by atomic mass is 10.0. The minimum Gasteiger partial charge on any atom is -0.435 e. The van der Waals surface area contributed by atoms with Gasteiger partial charge in [0.15, 0.2) is 6.10 Å². The average Bonchev–Trinajstić information content (AvgIpc) is 2.56. The third kappa shape index (κ3) is 8.13. The van der Waals surface area contributed by atoms with E-state index in [-0.39, 0.29) is 19.3 Å². The van der Waals surface area contributed by atoms with Crippen molar-refractivity contribution in [3.8, 4) is 0 Å². The molecule has 0 aromatic heterocycles. The first-order valence-electron chi connectivity index (χ1n) is 7.12. The van der Waals surface area contributed by atoms with E-state index in [0.717, 1.165) is 6.26 Å². The van der Waals surface area contributed by atoms with E-state index in [1.54, 1.807) is 0 Å². The molecule has 5 N–H and O–H groups in total. The molecular formula is C14H22O10. The van der Waals surface area contributed by atoms with Crippen LogP contribution in [0.15, 0.2) is 12.8 Å². The van der Waals surface area contributed by atoms with Gasteiger partial charge in [0.1, 0.15) is 18.3 Å². The Morgan fingerprint density at radius 3 is 2.00 bits per heavy atom. The van der Waals surface area contributed by atoms with Gasteiger partial charge in [-0.3, -0.25) is 9.59 Å². The van der Waals surface area contributed by atoms with E-state index < -0.39 is 48.9 Å². The highest BCUT2D eigenvalue weighted by Crippen LogP contribution is 2.08. The molecule has 4 atom stereocenters. The largest absolute Gasteiger partial charge is 0.435 e. The zero-order valence-electron chi connectivity index (χ0n) is 12.9. The fourth-order valence-corrected chi connectivity index (χ4v) is 1.58. The van der Waals surface area contributed by atoms with E-state index in [0.29, 0.717) is 6.42 Å². The van der Waals surface area contributed by atoms with Crippen LogP contribution in [0.4, 0.5) is 0 Å². The van der Waals surface area contributed by atoms with Crippen LogP contribution < -0.4 is 0 Å². The van der Waals surface area contributed by atoms with Gasteiger partial charge >= 0.3 is 17.9 Å². The summed E-state index contributed by atoms with van der Waals surface area (Å²) in [4.78, 5) is 33.8. The molecule has 0 heterocycles. The van der Waals surface area contributed by atoms with Gasteiger partial charge in [-0.2, -0.15) is 0 Å². The molecule has 0 aliphatic carbocycles. The van der Waals surface area contributed by atoms with Gasteiger partial charge in [0.2, 0.25) is 0 Å². The summed E-state index contributed by atoms with van der Waals surface area (Å²) >= 11 is 0. The lowest BCUT2D eigenvalue weighted by molar-refractivity contribution is -0.177. The van der Waals surface area contributed by atoms with Crippen molar-refractivity contribution in [2.45, 2.75) is 50.1 Å². The highest BCUT2D eigenvalue weighted by Gasteiger charge is 2.35. The van der Waals surface area contributed by atoms with Crippen molar-refractivity contribution in [1.29, 1.82) is 0 Å². The Balaban J connectivity index is 4.18. The summed E-state index contributed by atoms with van der Waals surface area (Å²) in [5, 5.41) is 46.0. The van der Waals surface area contributed by atoms with Gasteiger partial charge < -0.3 is 35.0 Å². The summed E-state index contributed by atoms with van der Waals surface area (Å²) in [5.41, 5.74) is 0. The SMILES string of the molecule is C=COC(=O)CCCCC(=O)OC(=O)[C@H](O)[C@@H](O)[C@H](O)[C@H](O)CO. The molecule has 0 radical (unpaired) electrons. The van der Waals surface area contributed by atoms with Crippen LogP contribution in [-0.2, 0) is 23.9 Å². The number of carbonyl (C=O) groups is 3. The van der Waals surface area contributed by atoms with Gasteiger partial charge in [-0.1, -0.05) is 6.58 Å². The standard InChI is InChI=1S/C14H22O10/c1-2-23-9(17)5-3-4-6-10(18)24-14(22)13(21)12(20)11(19)8(16)7-15/h2,8,11-13,15-16,19-21H,1,3-7H2/t8-,11-,12+,13-/m1/s1. The molecule has 0 saturated heterocycles. The number of unbranched alkanes of at least 4 members (excludes halogenated alkanes) is 1. The van der Waals surface area contributed by atoms with Crippen molar-refractivity contribution >= 4 is 17.9 Å². The molecular weight excluding hydrogens is 328 g/mol. The topological polar surface area (TPSA) is 171 Å². The quantitative estimate of drug-likeness (QED) is 0.118. The van der Waals surface area contributed by atoms with E-state index in [9.17, 15) is 29.7 Å². The first kappa shape index (κ1) is 22.1. The average molecular weight is 350 g/mol. The Bertz CT molecular complexity index is 435. The zero-order valence-corrected chi connectivity index (χ0v) is 12.9. The van der Waals surface area contributed by atoms with Crippen LogP contribution in [0, 0.1) is 0 Å². The van der Waals surface area contributed by atoms with Crippen molar-refractivity contribution in [2.75, 3.05) is 6.61 Å². The fourth-order valence-electron chi connectivity index (χ4n) is 1.58. The first-order chi connectivity index (χ1) is 11.2. The maximum Gasteiger partial charge on any atom is 0.345 e. The lowest BCUT2D eigenvalue weighted by Crippen LogP contribution is -2.49. The molecule has 24 heavy (non-hydrogen) atoms. The van der Waals surface area contributed by atoms with Crippen molar-refractivity contribution in [2.24, 2.45) is 0 Å². The summed E-state index contributed by atoms with van der Waals surface area (Å²) in [6, 6.07) is 0. The van der Waals surface area contributed by atoms with Crippen molar-refractivity contribution in [1.82, 2.24) is 0 Å². The van der Waals surface area contributed by atoms with Crippen molar-refractivity contribution < 1.29 is 49.4 Å². The fraction of sp³-hybridized carbons (Fsp3) is 0.643. The maximum atomic E-state index is 11.4.